The first kappa shape index (κ1) is 103. The van der Waals surface area contributed by atoms with Gasteiger partial charge in [0.25, 0.3) is 0 Å². The number of rotatable bonds is 77. The zero-order valence-corrected chi connectivity index (χ0v) is 69.3. The first-order chi connectivity index (χ1) is 52.7. The van der Waals surface area contributed by atoms with E-state index in [0.717, 1.165) is 148 Å². The topological polar surface area (TPSA) is 237 Å². The van der Waals surface area contributed by atoms with Crippen LogP contribution in [0.15, 0.2) is 158 Å². The van der Waals surface area contributed by atoms with Gasteiger partial charge < -0.3 is 33.8 Å². The average Bonchev–Trinajstić information content (AvgIpc) is 0.914. The third kappa shape index (κ3) is 78.8. The molecule has 0 aromatic rings. The van der Waals surface area contributed by atoms with Crippen LogP contribution in [0.5, 0.6) is 0 Å². The van der Waals surface area contributed by atoms with E-state index in [1.54, 1.807) is 0 Å². The second-order valence-electron chi connectivity index (χ2n) is 27.3. The van der Waals surface area contributed by atoms with Crippen molar-refractivity contribution >= 4 is 39.5 Å². The van der Waals surface area contributed by atoms with Crippen LogP contribution < -0.4 is 0 Å². The number of esters is 4. The maximum atomic E-state index is 13.1. The quantitative estimate of drug-likeness (QED) is 0.0169. The van der Waals surface area contributed by atoms with Gasteiger partial charge in [0, 0.05) is 25.7 Å². The Balaban J connectivity index is 5.52. The minimum atomic E-state index is -5.01. The maximum absolute atomic E-state index is 13.1. The van der Waals surface area contributed by atoms with Crippen LogP contribution in [0.1, 0.15) is 323 Å². The fourth-order valence-electron chi connectivity index (χ4n) is 10.6. The normalized spacial score (nSPS) is 14.6. The third-order valence-corrected chi connectivity index (χ3v) is 18.9. The van der Waals surface area contributed by atoms with Crippen molar-refractivity contribution in [2.75, 3.05) is 39.6 Å². The Morgan fingerprint density at radius 1 is 0.259 bits per heavy atom. The van der Waals surface area contributed by atoms with Crippen molar-refractivity contribution in [3.63, 3.8) is 0 Å². The minimum absolute atomic E-state index is 0.0315. The molecule has 0 radical (unpaired) electrons. The highest BCUT2D eigenvalue weighted by molar-refractivity contribution is 7.47. The van der Waals surface area contributed by atoms with E-state index < -0.39 is 97.5 Å². The van der Waals surface area contributed by atoms with Gasteiger partial charge in [-0.1, -0.05) is 295 Å². The van der Waals surface area contributed by atoms with Crippen LogP contribution in [0, 0.1) is 0 Å². The van der Waals surface area contributed by atoms with Gasteiger partial charge in [-0.25, -0.2) is 9.13 Å². The van der Waals surface area contributed by atoms with Crippen molar-refractivity contribution in [2.24, 2.45) is 0 Å². The summed E-state index contributed by atoms with van der Waals surface area (Å²) in [5.74, 6) is -2.39. The lowest BCUT2D eigenvalue weighted by molar-refractivity contribution is -0.161. The van der Waals surface area contributed by atoms with Crippen LogP contribution in [-0.4, -0.2) is 96.7 Å². The fraction of sp³-hybridized carbons (Fsp3) is 0.663. The smallest absolute Gasteiger partial charge is 0.462 e. The molecule has 0 saturated carbocycles. The highest BCUT2D eigenvalue weighted by atomic mass is 31.2. The Bertz CT molecular complexity index is 2660. The summed E-state index contributed by atoms with van der Waals surface area (Å²) in [7, 11) is -10.0. The van der Waals surface area contributed by atoms with E-state index in [1.165, 1.54) is 83.5 Å². The molecule has 0 heterocycles. The third-order valence-electron chi connectivity index (χ3n) is 17.0. The zero-order chi connectivity index (χ0) is 78.9. The van der Waals surface area contributed by atoms with Gasteiger partial charge in [-0.15, -0.1) is 0 Å². The average molecular weight is 1550 g/mol. The first-order valence-corrected chi connectivity index (χ1v) is 44.7. The van der Waals surface area contributed by atoms with Crippen molar-refractivity contribution in [3.05, 3.63) is 158 Å². The van der Waals surface area contributed by atoms with Gasteiger partial charge in [0.05, 0.1) is 26.4 Å². The summed E-state index contributed by atoms with van der Waals surface area (Å²) in [6.07, 6.45) is 93.8. The van der Waals surface area contributed by atoms with Crippen LogP contribution >= 0.6 is 15.6 Å². The molecule has 0 spiro atoms. The molecule has 0 aromatic carbocycles. The van der Waals surface area contributed by atoms with Crippen molar-refractivity contribution in [3.8, 4) is 0 Å². The van der Waals surface area contributed by atoms with Gasteiger partial charge >= 0.3 is 39.5 Å². The van der Waals surface area contributed by atoms with Crippen LogP contribution in [0.2, 0.25) is 0 Å². The summed E-state index contributed by atoms with van der Waals surface area (Å²) in [6.45, 7) is 4.60. The molecule has 3 N–H and O–H groups in total. The second kappa shape index (κ2) is 79.8. The molecule has 0 aliphatic rings. The molecule has 0 amide bonds. The number of phosphoric ester groups is 2. The Kier molecular flexibility index (Phi) is 75.8. The summed E-state index contributed by atoms with van der Waals surface area (Å²) >= 11 is 0. The molecule has 0 saturated heterocycles. The monoisotopic (exact) mass is 1550 g/mol. The van der Waals surface area contributed by atoms with Gasteiger partial charge in [0.2, 0.25) is 0 Å². The predicted octanol–water partition coefficient (Wildman–Crippen LogP) is 24.8. The Morgan fingerprint density at radius 2 is 0.472 bits per heavy atom. The van der Waals surface area contributed by atoms with Gasteiger partial charge in [0.1, 0.15) is 19.3 Å². The molecular weight excluding hydrogens is 1400 g/mol. The number of hydrogen-bond acceptors (Lipinski definition) is 15. The molecule has 5 atom stereocenters. The highest BCUT2D eigenvalue weighted by Gasteiger charge is 2.30. The lowest BCUT2D eigenvalue weighted by Crippen LogP contribution is -2.30. The lowest BCUT2D eigenvalue weighted by atomic mass is 10.1. The molecule has 2 unspecified atom stereocenters. The zero-order valence-electron chi connectivity index (χ0n) is 67.5. The van der Waals surface area contributed by atoms with E-state index >= 15 is 0 Å². The number of phosphoric acid groups is 2. The standard InChI is InChI=1S/C89H148O17P2/c1-5-9-13-17-21-25-29-33-37-39-41-43-47-50-54-58-62-66-70-74-87(92)100-80-84(105-88(93)75-71-67-63-59-55-51-46-36-32-28-24-20-16-12-8-4)81-103-107(95,96)101-77-83(90)78-102-108(97,98)104-82-85(79-99-86(91)73-69-65-61-57-53-49-45-35-31-27-23-19-15-11-7-3)106-89(94)76-72-68-64-60-56-52-48-44-42-40-38-34-30-26-22-18-14-10-6-2/h21-23,25-28,32-35,37-38,41-45,50,52,54,56,62,64,66,68,83-85,90H,5-20,24,29-31,36,39-40,46-49,51,53,55,57-61,63,65,67,69-82H2,1-4H3,(H,95,96)(H,97,98)/b25-21-,26-22-,27-23-,32-28-,37-33-,38-34-,43-41-,44-42-,45-35-,54-50-,56-52-,66-62-,68-64-/t83-,84-,85-/m1/s1. The van der Waals surface area contributed by atoms with Gasteiger partial charge in [-0.05, 0) is 161 Å². The van der Waals surface area contributed by atoms with E-state index in [2.05, 4.69) is 155 Å². The molecule has 616 valence electrons. The van der Waals surface area contributed by atoms with Crippen LogP contribution in [0.3, 0.4) is 0 Å². The fourth-order valence-corrected chi connectivity index (χ4v) is 12.1. The summed E-state index contributed by atoms with van der Waals surface area (Å²) in [6, 6.07) is 0. The largest absolute Gasteiger partial charge is 0.472 e. The number of ether oxygens (including phenoxy) is 4. The molecule has 0 aromatic heterocycles. The van der Waals surface area contributed by atoms with E-state index in [9.17, 15) is 43.2 Å². The molecule has 0 fully saturated rings. The lowest BCUT2D eigenvalue weighted by Gasteiger charge is -2.21. The Morgan fingerprint density at radius 3 is 0.796 bits per heavy atom. The van der Waals surface area contributed by atoms with E-state index in [4.69, 9.17) is 37.0 Å². The number of carbonyl (C=O) groups excluding carboxylic acids is 4. The minimum Gasteiger partial charge on any atom is -0.462 e. The Hall–Kier alpha value is -5.32. The number of unbranched alkanes of at least 4 members (excludes halogenated alkanes) is 25. The van der Waals surface area contributed by atoms with Gasteiger partial charge in [-0.3, -0.25) is 37.3 Å². The second-order valence-corrected chi connectivity index (χ2v) is 30.3. The van der Waals surface area contributed by atoms with Crippen molar-refractivity contribution in [1.82, 2.24) is 0 Å². The van der Waals surface area contributed by atoms with E-state index in [-0.39, 0.29) is 25.7 Å². The molecule has 17 nitrogen and oxygen atoms in total. The van der Waals surface area contributed by atoms with E-state index in [1.807, 2.05) is 30.4 Å². The SMILES string of the molecule is CCCCC/C=C\C/C=C\C/C=C\C/C=C\C/C=C\CCC(=O)OC[C@H](COP(=O)(O)OC[C@@H](O)COP(=O)(O)OC[C@@H](COC(=O)CCCCCCC/C=C\C/C=C\CCCCC)OC(=O)CC/C=C\C/C=C\C/C=C\C/C=C\C/C=C\CCCCC)OC(=O)CCCCCCCCC/C=C\CCCCCC. The Labute approximate surface area is 655 Å². The number of aliphatic hydroxyl groups is 1. The highest BCUT2D eigenvalue weighted by Crippen LogP contribution is 2.45. The van der Waals surface area contributed by atoms with Crippen LogP contribution in [0.4, 0.5) is 0 Å². The van der Waals surface area contributed by atoms with Gasteiger partial charge in [0.15, 0.2) is 12.2 Å². The summed E-state index contributed by atoms with van der Waals surface area (Å²) in [5.41, 5.74) is 0. The molecule has 108 heavy (non-hydrogen) atoms. The first-order valence-electron chi connectivity index (χ1n) is 41.7. The molecule has 0 aliphatic carbocycles. The number of allylic oxidation sites excluding steroid dienone is 26. The maximum Gasteiger partial charge on any atom is 0.472 e. The van der Waals surface area contributed by atoms with Crippen molar-refractivity contribution < 1.29 is 80.2 Å². The number of aliphatic hydroxyl groups excluding tert-OH is 1. The van der Waals surface area contributed by atoms with Gasteiger partial charge in [-0.2, -0.15) is 0 Å². The number of carbonyl (C=O) groups is 4. The molecule has 0 aliphatic heterocycles. The molecule has 19 heteroatoms. The molecular formula is C89H148O17P2. The molecule has 0 bridgehead atoms. The summed E-state index contributed by atoms with van der Waals surface area (Å²) in [5, 5.41) is 10.7. The van der Waals surface area contributed by atoms with Crippen molar-refractivity contribution in [2.45, 2.75) is 341 Å². The van der Waals surface area contributed by atoms with Crippen LogP contribution in [0.25, 0.3) is 0 Å². The molecule has 0 rings (SSSR count). The van der Waals surface area contributed by atoms with E-state index in [0.29, 0.717) is 38.5 Å². The number of hydrogen-bond donors (Lipinski definition) is 3. The summed E-state index contributed by atoms with van der Waals surface area (Å²) < 4.78 is 68.5. The predicted molar refractivity (Wildman–Crippen MR) is 445 cm³/mol. The summed E-state index contributed by atoms with van der Waals surface area (Å²) in [4.78, 5) is 73.1. The van der Waals surface area contributed by atoms with Crippen LogP contribution in [-0.2, 0) is 65.4 Å². The van der Waals surface area contributed by atoms with Crippen molar-refractivity contribution in [1.29, 1.82) is 0 Å².